The fourth-order valence-electron chi connectivity index (χ4n) is 4.14. The van der Waals surface area contributed by atoms with E-state index in [4.69, 9.17) is 4.74 Å². The third kappa shape index (κ3) is 2.58. The molecule has 128 valence electrons. The Morgan fingerprint density at radius 1 is 1.20 bits per heavy atom. The van der Waals surface area contributed by atoms with Gasteiger partial charge in [-0.3, -0.25) is 0 Å². The van der Waals surface area contributed by atoms with Crippen LogP contribution in [0.3, 0.4) is 0 Å². The highest BCUT2D eigenvalue weighted by Crippen LogP contribution is 2.52. The average Bonchev–Trinajstić information content (AvgIpc) is 3.11. The molecule has 0 saturated heterocycles. The first-order valence-electron chi connectivity index (χ1n) is 8.71. The molecule has 2 N–H and O–H groups in total. The molecular weight excluding hydrogens is 314 g/mol. The predicted octanol–water partition coefficient (Wildman–Crippen LogP) is 4.61. The number of nitrogens with one attached hydrogen (secondary N) is 1. The lowest BCUT2D eigenvalue weighted by molar-refractivity contribution is 0.0694. The first-order valence-corrected chi connectivity index (χ1v) is 8.71. The minimum Gasteiger partial charge on any atom is -0.492 e. The molecule has 3 atom stereocenters. The van der Waals surface area contributed by atoms with Gasteiger partial charge in [-0.25, -0.2) is 4.79 Å². The second kappa shape index (κ2) is 6.28. The molecule has 1 aliphatic heterocycles. The molecule has 0 aromatic heterocycles. The summed E-state index contributed by atoms with van der Waals surface area (Å²) in [6, 6.07) is 13.4. The summed E-state index contributed by atoms with van der Waals surface area (Å²) in [6.07, 6.45) is 5.39. The van der Waals surface area contributed by atoms with Crippen molar-refractivity contribution in [2.75, 3.05) is 11.9 Å². The Hall–Kier alpha value is -2.75. The lowest BCUT2D eigenvalue weighted by Crippen LogP contribution is -2.30. The molecule has 25 heavy (non-hydrogen) atoms. The van der Waals surface area contributed by atoms with E-state index < -0.39 is 5.97 Å². The summed E-state index contributed by atoms with van der Waals surface area (Å²) in [6.45, 7) is 2.57. The van der Waals surface area contributed by atoms with E-state index in [0.717, 1.165) is 23.4 Å². The smallest absolute Gasteiger partial charge is 0.336 e. The van der Waals surface area contributed by atoms with E-state index in [2.05, 4.69) is 23.5 Å². The third-order valence-electron chi connectivity index (χ3n) is 5.18. The lowest BCUT2D eigenvalue weighted by Gasteiger charge is -2.38. The fraction of sp³-hybridized carbons (Fsp3) is 0.286. The van der Waals surface area contributed by atoms with Crippen molar-refractivity contribution >= 4 is 11.7 Å². The number of hydrogen-bond acceptors (Lipinski definition) is 3. The summed E-state index contributed by atoms with van der Waals surface area (Å²) < 4.78 is 5.81. The van der Waals surface area contributed by atoms with E-state index in [-0.39, 0.29) is 12.0 Å². The third-order valence-corrected chi connectivity index (χ3v) is 5.18. The SMILES string of the molecule is CCOc1cccc2c1N[C@H](c1ccccc1C(=O)O)[C@H]1CC=C[C@H]21. The van der Waals surface area contributed by atoms with Crippen LogP contribution in [0.15, 0.2) is 54.6 Å². The van der Waals surface area contributed by atoms with Crippen LogP contribution < -0.4 is 10.1 Å². The molecule has 2 aliphatic rings. The molecule has 0 amide bonds. The van der Waals surface area contributed by atoms with Crippen LogP contribution in [-0.2, 0) is 0 Å². The lowest BCUT2D eigenvalue weighted by atomic mass is 9.76. The summed E-state index contributed by atoms with van der Waals surface area (Å²) in [5.74, 6) is 0.536. The molecule has 0 radical (unpaired) electrons. The van der Waals surface area contributed by atoms with Gasteiger partial charge in [-0.1, -0.05) is 42.5 Å². The van der Waals surface area contributed by atoms with E-state index in [1.807, 2.05) is 31.2 Å². The van der Waals surface area contributed by atoms with Crippen molar-refractivity contribution < 1.29 is 14.6 Å². The number of benzene rings is 2. The Labute approximate surface area is 147 Å². The highest BCUT2D eigenvalue weighted by Gasteiger charge is 2.40. The zero-order chi connectivity index (χ0) is 17.4. The number of aromatic carboxylic acids is 1. The number of carboxylic acids is 1. The number of rotatable bonds is 4. The number of hydrogen-bond donors (Lipinski definition) is 2. The molecule has 0 saturated carbocycles. The van der Waals surface area contributed by atoms with Gasteiger partial charge in [0.1, 0.15) is 5.75 Å². The molecule has 4 nitrogen and oxygen atoms in total. The first kappa shape index (κ1) is 15.8. The van der Waals surface area contributed by atoms with Crippen molar-refractivity contribution in [3.05, 3.63) is 71.3 Å². The molecule has 2 aromatic carbocycles. The number of ether oxygens (including phenoxy) is 1. The van der Waals surface area contributed by atoms with Gasteiger partial charge in [-0.05, 0) is 42.5 Å². The Balaban J connectivity index is 1.83. The molecule has 0 unspecified atom stereocenters. The van der Waals surface area contributed by atoms with Crippen molar-refractivity contribution in [2.45, 2.75) is 25.3 Å². The van der Waals surface area contributed by atoms with E-state index in [9.17, 15) is 9.90 Å². The van der Waals surface area contributed by atoms with Gasteiger partial charge in [0.15, 0.2) is 0 Å². The summed E-state index contributed by atoms with van der Waals surface area (Å²) in [5, 5.41) is 13.2. The van der Waals surface area contributed by atoms with Crippen LogP contribution in [0.1, 0.15) is 46.8 Å². The quantitative estimate of drug-likeness (QED) is 0.801. The average molecular weight is 335 g/mol. The molecule has 2 aromatic rings. The highest BCUT2D eigenvalue weighted by atomic mass is 16.5. The Bertz CT molecular complexity index is 843. The number of allylic oxidation sites excluding steroid dienone is 2. The summed E-state index contributed by atoms with van der Waals surface area (Å²) >= 11 is 0. The maximum absolute atomic E-state index is 11.7. The van der Waals surface area contributed by atoms with Gasteiger partial charge in [-0.2, -0.15) is 0 Å². The van der Waals surface area contributed by atoms with Gasteiger partial charge in [-0.15, -0.1) is 0 Å². The van der Waals surface area contributed by atoms with Crippen LogP contribution in [0.4, 0.5) is 5.69 Å². The van der Waals surface area contributed by atoms with E-state index in [1.165, 1.54) is 5.56 Å². The molecule has 0 bridgehead atoms. The molecule has 1 aliphatic carbocycles. The monoisotopic (exact) mass is 335 g/mol. The Kier molecular flexibility index (Phi) is 3.96. The van der Waals surface area contributed by atoms with Crippen LogP contribution in [0.25, 0.3) is 0 Å². The van der Waals surface area contributed by atoms with Gasteiger partial charge in [0.2, 0.25) is 0 Å². The number of carboxylic acid groups (broad SMARTS) is 1. The Morgan fingerprint density at radius 2 is 2.00 bits per heavy atom. The van der Waals surface area contributed by atoms with Crippen molar-refractivity contribution in [3.63, 3.8) is 0 Å². The molecule has 4 rings (SSSR count). The van der Waals surface area contributed by atoms with Crippen LogP contribution in [0.2, 0.25) is 0 Å². The van der Waals surface area contributed by atoms with Crippen LogP contribution in [-0.4, -0.2) is 17.7 Å². The van der Waals surface area contributed by atoms with Crippen LogP contribution in [0.5, 0.6) is 5.75 Å². The van der Waals surface area contributed by atoms with Gasteiger partial charge >= 0.3 is 5.97 Å². The summed E-state index contributed by atoms with van der Waals surface area (Å²) in [5.41, 5.74) is 3.42. The molecular formula is C21H21NO3. The first-order chi connectivity index (χ1) is 12.2. The number of anilines is 1. The molecule has 0 fully saturated rings. The molecule has 0 spiro atoms. The van der Waals surface area contributed by atoms with Crippen molar-refractivity contribution in [2.24, 2.45) is 5.92 Å². The number of fused-ring (bicyclic) bond motifs is 3. The summed E-state index contributed by atoms with van der Waals surface area (Å²) in [4.78, 5) is 11.7. The predicted molar refractivity (Wildman–Crippen MR) is 97.4 cm³/mol. The van der Waals surface area contributed by atoms with Crippen molar-refractivity contribution in [1.29, 1.82) is 0 Å². The van der Waals surface area contributed by atoms with Gasteiger partial charge in [0.05, 0.1) is 23.9 Å². The maximum Gasteiger partial charge on any atom is 0.336 e. The largest absolute Gasteiger partial charge is 0.492 e. The van der Waals surface area contributed by atoms with Gasteiger partial charge in [0.25, 0.3) is 0 Å². The number of carbonyl (C=O) groups is 1. The fourth-order valence-corrected chi connectivity index (χ4v) is 4.14. The van der Waals surface area contributed by atoms with Crippen molar-refractivity contribution in [3.8, 4) is 5.75 Å². The maximum atomic E-state index is 11.7. The Morgan fingerprint density at radius 3 is 2.80 bits per heavy atom. The molecule has 4 heteroatoms. The van der Waals surface area contributed by atoms with Gasteiger partial charge < -0.3 is 15.2 Å². The minimum atomic E-state index is -0.885. The number of para-hydroxylation sites is 1. The topological polar surface area (TPSA) is 58.6 Å². The standard InChI is InChI=1S/C21H21NO3/c1-2-25-18-12-6-11-15-13-9-5-10-14(13)19(22-20(15)18)16-7-3-4-8-17(16)21(23)24/h3-9,11-14,19,22H,2,10H2,1H3,(H,23,24)/t13-,14-,19-/m0/s1. The molecule has 1 heterocycles. The highest BCUT2D eigenvalue weighted by molar-refractivity contribution is 5.90. The zero-order valence-electron chi connectivity index (χ0n) is 14.1. The van der Waals surface area contributed by atoms with E-state index in [1.54, 1.807) is 12.1 Å². The van der Waals surface area contributed by atoms with Crippen LogP contribution in [0, 0.1) is 5.92 Å². The second-order valence-electron chi connectivity index (χ2n) is 6.52. The normalized spacial score (nSPS) is 23.5. The zero-order valence-corrected chi connectivity index (χ0v) is 14.1. The van der Waals surface area contributed by atoms with Crippen LogP contribution >= 0.6 is 0 Å². The van der Waals surface area contributed by atoms with Gasteiger partial charge in [0, 0.05) is 5.92 Å². The van der Waals surface area contributed by atoms with Crippen molar-refractivity contribution in [1.82, 2.24) is 0 Å². The second-order valence-corrected chi connectivity index (χ2v) is 6.52. The summed E-state index contributed by atoms with van der Waals surface area (Å²) in [7, 11) is 0. The minimum absolute atomic E-state index is 0.0543. The van der Waals surface area contributed by atoms with E-state index >= 15 is 0 Å². The van der Waals surface area contributed by atoms with E-state index in [0.29, 0.717) is 18.1 Å².